The molecule has 1 aromatic carbocycles. The second-order valence-corrected chi connectivity index (χ2v) is 6.81. The minimum atomic E-state index is -0.123. The van der Waals surface area contributed by atoms with Gasteiger partial charge in [0.05, 0.1) is 17.5 Å². The van der Waals surface area contributed by atoms with Gasteiger partial charge >= 0.3 is 0 Å². The third kappa shape index (κ3) is 3.22. The van der Waals surface area contributed by atoms with Crippen LogP contribution >= 0.6 is 0 Å². The molecule has 2 aliphatic heterocycles. The number of carbonyl (C=O) groups excluding carboxylic acids is 2. The van der Waals surface area contributed by atoms with Crippen molar-refractivity contribution in [2.75, 3.05) is 31.1 Å². The minimum absolute atomic E-state index is 0.0587. The summed E-state index contributed by atoms with van der Waals surface area (Å²) in [6, 6.07) is 9.71. The molecule has 136 valence electrons. The molecule has 1 aromatic heterocycles. The van der Waals surface area contributed by atoms with Gasteiger partial charge < -0.3 is 15.1 Å². The summed E-state index contributed by atoms with van der Waals surface area (Å²) in [5, 5.41) is 10.5. The lowest BCUT2D eigenvalue weighted by Crippen LogP contribution is -2.52. The third-order valence-electron chi connectivity index (χ3n) is 5.13. The summed E-state index contributed by atoms with van der Waals surface area (Å²) in [5.41, 5.74) is 2.29. The van der Waals surface area contributed by atoms with Gasteiger partial charge in [-0.05, 0) is 31.5 Å². The molecule has 26 heavy (non-hydrogen) atoms. The summed E-state index contributed by atoms with van der Waals surface area (Å²) < 4.78 is 0. The Morgan fingerprint density at radius 3 is 2.73 bits per heavy atom. The summed E-state index contributed by atoms with van der Waals surface area (Å²) in [7, 11) is 0. The van der Waals surface area contributed by atoms with E-state index in [1.807, 2.05) is 30.3 Å². The van der Waals surface area contributed by atoms with Crippen molar-refractivity contribution in [1.29, 1.82) is 0 Å². The first-order valence-electron chi connectivity index (χ1n) is 9.15. The first kappa shape index (κ1) is 16.8. The number of aromatic amines is 1. The Bertz CT molecular complexity index is 782. The van der Waals surface area contributed by atoms with Crippen LogP contribution in [0.3, 0.4) is 0 Å². The number of anilines is 1. The highest BCUT2D eigenvalue weighted by molar-refractivity contribution is 6.02. The van der Waals surface area contributed by atoms with Gasteiger partial charge in [0, 0.05) is 24.8 Å². The van der Waals surface area contributed by atoms with E-state index >= 15 is 0 Å². The Hall–Kier alpha value is -2.67. The van der Waals surface area contributed by atoms with Gasteiger partial charge in [0.1, 0.15) is 6.54 Å². The molecule has 2 aliphatic rings. The number of piperidine rings is 1. The molecule has 7 nitrogen and oxygen atoms in total. The van der Waals surface area contributed by atoms with Crippen LogP contribution in [0.25, 0.3) is 0 Å². The van der Waals surface area contributed by atoms with E-state index in [0.717, 1.165) is 37.2 Å². The van der Waals surface area contributed by atoms with Gasteiger partial charge in [-0.1, -0.05) is 24.6 Å². The Balaban J connectivity index is 1.47. The molecule has 3 heterocycles. The zero-order valence-electron chi connectivity index (χ0n) is 14.6. The van der Waals surface area contributed by atoms with Crippen molar-refractivity contribution >= 4 is 17.5 Å². The number of amides is 2. The third-order valence-corrected chi connectivity index (χ3v) is 5.13. The first-order valence-corrected chi connectivity index (χ1v) is 9.15. The number of hydrogen-bond donors (Lipinski definition) is 2. The molecule has 0 aliphatic carbocycles. The standard InChI is InChI=1S/C19H23N5O2/c25-17-13-23(10-11-24(17)14-6-2-1-3-7-14)19(26)15-12-21-22-18(15)16-8-4-5-9-20-16/h1-3,6-7,12,16,20H,4-5,8-11,13H2,(H,21,22). The maximum Gasteiger partial charge on any atom is 0.257 e. The number of H-pyrrole nitrogens is 1. The van der Waals surface area contributed by atoms with Crippen LogP contribution in [-0.2, 0) is 4.79 Å². The van der Waals surface area contributed by atoms with Crippen LogP contribution in [0.5, 0.6) is 0 Å². The van der Waals surface area contributed by atoms with Crippen molar-refractivity contribution in [3.05, 3.63) is 47.8 Å². The van der Waals surface area contributed by atoms with E-state index < -0.39 is 0 Å². The highest BCUT2D eigenvalue weighted by Gasteiger charge is 2.31. The normalized spacial score (nSPS) is 21.1. The smallest absolute Gasteiger partial charge is 0.257 e. The van der Waals surface area contributed by atoms with E-state index in [2.05, 4.69) is 15.5 Å². The molecular weight excluding hydrogens is 330 g/mol. The molecule has 2 N–H and O–H groups in total. The summed E-state index contributed by atoms with van der Waals surface area (Å²) in [6.07, 6.45) is 4.87. The van der Waals surface area contributed by atoms with E-state index in [4.69, 9.17) is 0 Å². The molecular formula is C19H23N5O2. The number of para-hydroxylation sites is 1. The monoisotopic (exact) mass is 353 g/mol. The topological polar surface area (TPSA) is 81.3 Å². The molecule has 2 fully saturated rings. The van der Waals surface area contributed by atoms with Gasteiger partial charge in [-0.2, -0.15) is 5.10 Å². The van der Waals surface area contributed by atoms with Gasteiger partial charge in [0.15, 0.2) is 0 Å². The van der Waals surface area contributed by atoms with Crippen LogP contribution in [0.2, 0.25) is 0 Å². The maximum absolute atomic E-state index is 13.0. The highest BCUT2D eigenvalue weighted by Crippen LogP contribution is 2.25. The lowest BCUT2D eigenvalue weighted by Gasteiger charge is -2.34. The lowest BCUT2D eigenvalue weighted by atomic mass is 9.99. The number of piperazine rings is 1. The highest BCUT2D eigenvalue weighted by atomic mass is 16.2. The quantitative estimate of drug-likeness (QED) is 0.880. The zero-order chi connectivity index (χ0) is 17.9. The molecule has 2 saturated heterocycles. The summed E-state index contributed by atoms with van der Waals surface area (Å²) in [5.74, 6) is -0.182. The molecule has 2 aromatic rings. The number of carbonyl (C=O) groups is 2. The van der Waals surface area contributed by atoms with Crippen LogP contribution < -0.4 is 10.2 Å². The molecule has 7 heteroatoms. The minimum Gasteiger partial charge on any atom is -0.327 e. The van der Waals surface area contributed by atoms with Crippen LogP contribution in [0.4, 0.5) is 5.69 Å². The van der Waals surface area contributed by atoms with Crippen LogP contribution in [0.15, 0.2) is 36.5 Å². The molecule has 0 saturated carbocycles. The molecule has 1 atom stereocenters. The fraction of sp³-hybridized carbons (Fsp3) is 0.421. The van der Waals surface area contributed by atoms with Crippen molar-refractivity contribution in [2.24, 2.45) is 0 Å². The predicted octanol–water partition coefficient (Wildman–Crippen LogP) is 1.71. The Morgan fingerprint density at radius 2 is 2.00 bits per heavy atom. The van der Waals surface area contributed by atoms with Crippen LogP contribution in [0.1, 0.15) is 41.4 Å². The number of nitrogens with zero attached hydrogens (tertiary/aromatic N) is 3. The van der Waals surface area contributed by atoms with Gasteiger partial charge in [0.2, 0.25) is 5.91 Å². The molecule has 0 spiro atoms. The Morgan fingerprint density at radius 1 is 1.15 bits per heavy atom. The first-order chi connectivity index (χ1) is 12.7. The second-order valence-electron chi connectivity index (χ2n) is 6.81. The summed E-state index contributed by atoms with van der Waals surface area (Å²) in [6.45, 7) is 2.06. The van der Waals surface area contributed by atoms with E-state index in [0.29, 0.717) is 18.7 Å². The predicted molar refractivity (Wildman–Crippen MR) is 97.9 cm³/mol. The zero-order valence-corrected chi connectivity index (χ0v) is 14.6. The number of rotatable bonds is 3. The Labute approximate surface area is 152 Å². The van der Waals surface area contributed by atoms with E-state index in [-0.39, 0.29) is 24.4 Å². The summed E-state index contributed by atoms with van der Waals surface area (Å²) >= 11 is 0. The van der Waals surface area contributed by atoms with Gasteiger partial charge in [0.25, 0.3) is 5.91 Å². The molecule has 2 amide bonds. The van der Waals surface area contributed by atoms with E-state index in [1.54, 1.807) is 16.0 Å². The van der Waals surface area contributed by atoms with E-state index in [9.17, 15) is 9.59 Å². The average molecular weight is 353 g/mol. The average Bonchev–Trinajstić information content (AvgIpc) is 3.18. The molecule has 0 bridgehead atoms. The van der Waals surface area contributed by atoms with Gasteiger partial charge in [-0.15, -0.1) is 0 Å². The number of nitrogens with one attached hydrogen (secondary N) is 2. The number of hydrogen-bond acceptors (Lipinski definition) is 4. The summed E-state index contributed by atoms with van der Waals surface area (Å²) in [4.78, 5) is 28.9. The van der Waals surface area contributed by atoms with Gasteiger partial charge in [-0.25, -0.2) is 0 Å². The SMILES string of the molecule is O=C(c1cn[nH]c1C1CCCCN1)N1CCN(c2ccccc2)C(=O)C1. The van der Waals surface area contributed by atoms with E-state index in [1.165, 1.54) is 0 Å². The molecule has 0 radical (unpaired) electrons. The largest absolute Gasteiger partial charge is 0.327 e. The number of aromatic nitrogens is 2. The van der Waals surface area contributed by atoms with Crippen molar-refractivity contribution in [1.82, 2.24) is 20.4 Å². The molecule has 1 unspecified atom stereocenters. The second kappa shape index (κ2) is 7.29. The molecule has 4 rings (SSSR count). The fourth-order valence-electron chi connectivity index (χ4n) is 3.73. The van der Waals surface area contributed by atoms with Crippen LogP contribution in [0, 0.1) is 0 Å². The van der Waals surface area contributed by atoms with Crippen molar-refractivity contribution < 1.29 is 9.59 Å². The lowest BCUT2D eigenvalue weighted by molar-refractivity contribution is -0.120. The maximum atomic E-state index is 13.0. The number of benzene rings is 1. The van der Waals surface area contributed by atoms with Crippen molar-refractivity contribution in [2.45, 2.75) is 25.3 Å². The van der Waals surface area contributed by atoms with Crippen molar-refractivity contribution in [3.63, 3.8) is 0 Å². The Kier molecular flexibility index (Phi) is 4.71. The van der Waals surface area contributed by atoms with Crippen molar-refractivity contribution in [3.8, 4) is 0 Å². The van der Waals surface area contributed by atoms with Gasteiger partial charge in [-0.3, -0.25) is 14.7 Å². The van der Waals surface area contributed by atoms with Crippen LogP contribution in [-0.4, -0.2) is 53.1 Å². The fourth-order valence-corrected chi connectivity index (χ4v) is 3.73.